The molecule has 9 nitrogen and oxygen atoms in total. The molecule has 144 valence electrons. The Hall–Kier alpha value is -2.91. The van der Waals surface area contributed by atoms with Crippen LogP contribution in [0.5, 0.6) is 0 Å². The highest BCUT2D eigenvalue weighted by Crippen LogP contribution is 2.37. The molecule has 3 rings (SSSR count). The Morgan fingerprint density at radius 3 is 2.30 bits per heavy atom. The first-order valence-corrected chi connectivity index (χ1v) is 8.21. The van der Waals surface area contributed by atoms with Gasteiger partial charge in [-0.1, -0.05) is 0 Å². The summed E-state index contributed by atoms with van der Waals surface area (Å²) in [7, 11) is 0. The molecule has 1 N–H and O–H groups in total. The van der Waals surface area contributed by atoms with Crippen molar-refractivity contribution in [2.24, 2.45) is 0 Å². The third-order valence-corrected chi connectivity index (χ3v) is 3.90. The standard InChI is InChI=1S/C18H18O9/c1-10(19)26-18(17(21)22,27-11(2)20)13-8-12-4-7-23-15(12)14(9-13)16-24-5-3-6-25-16/h4,7-9,16H,3,5-6H2,1-2H3,(H,21,22). The molecule has 0 atom stereocenters. The molecule has 2 heterocycles. The van der Waals surface area contributed by atoms with Gasteiger partial charge in [0.2, 0.25) is 0 Å². The molecule has 1 fully saturated rings. The molecule has 1 aromatic carbocycles. The van der Waals surface area contributed by atoms with E-state index in [0.717, 1.165) is 20.3 Å². The summed E-state index contributed by atoms with van der Waals surface area (Å²) in [5.74, 6) is -6.17. The lowest BCUT2D eigenvalue weighted by molar-refractivity contribution is -0.239. The SMILES string of the molecule is CC(=O)OC(OC(C)=O)(C(=O)O)c1cc(C2OCCCO2)c2occc2c1. The van der Waals surface area contributed by atoms with Gasteiger partial charge in [0.1, 0.15) is 5.58 Å². The van der Waals surface area contributed by atoms with Gasteiger partial charge < -0.3 is 28.5 Å². The van der Waals surface area contributed by atoms with E-state index in [1.807, 2.05) is 0 Å². The van der Waals surface area contributed by atoms with Gasteiger partial charge in [-0.25, -0.2) is 4.79 Å². The Morgan fingerprint density at radius 2 is 1.74 bits per heavy atom. The van der Waals surface area contributed by atoms with Crippen LogP contribution >= 0.6 is 0 Å². The normalized spacial score (nSPS) is 15.5. The van der Waals surface area contributed by atoms with E-state index >= 15 is 0 Å². The Kier molecular flexibility index (Phi) is 5.15. The van der Waals surface area contributed by atoms with Gasteiger partial charge in [-0.2, -0.15) is 0 Å². The van der Waals surface area contributed by atoms with Crippen molar-refractivity contribution in [3.05, 3.63) is 35.6 Å². The molecule has 0 bridgehead atoms. The number of carboxylic acids is 1. The van der Waals surface area contributed by atoms with Crippen LogP contribution in [0.15, 0.2) is 28.9 Å². The van der Waals surface area contributed by atoms with Gasteiger partial charge in [-0.15, -0.1) is 0 Å². The minimum Gasteiger partial charge on any atom is -0.475 e. The Balaban J connectivity index is 2.20. The van der Waals surface area contributed by atoms with Crippen LogP contribution in [0, 0.1) is 0 Å². The smallest absolute Gasteiger partial charge is 0.396 e. The first-order chi connectivity index (χ1) is 12.8. The minimum atomic E-state index is -2.65. The number of furan rings is 1. The lowest BCUT2D eigenvalue weighted by Gasteiger charge is -2.29. The third kappa shape index (κ3) is 3.64. The van der Waals surface area contributed by atoms with Crippen LogP contribution < -0.4 is 0 Å². The molecule has 1 saturated heterocycles. The maximum atomic E-state index is 12.0. The summed E-state index contributed by atoms with van der Waals surface area (Å²) in [6, 6.07) is 4.38. The van der Waals surface area contributed by atoms with Crippen molar-refractivity contribution in [3.8, 4) is 0 Å². The lowest BCUT2D eigenvalue weighted by atomic mass is 9.99. The highest BCUT2D eigenvalue weighted by molar-refractivity contribution is 5.88. The summed E-state index contributed by atoms with van der Waals surface area (Å²) in [5.41, 5.74) is 0.745. The highest BCUT2D eigenvalue weighted by Gasteiger charge is 2.49. The zero-order valence-electron chi connectivity index (χ0n) is 14.7. The highest BCUT2D eigenvalue weighted by atomic mass is 16.7. The Morgan fingerprint density at radius 1 is 1.11 bits per heavy atom. The van der Waals surface area contributed by atoms with E-state index in [2.05, 4.69) is 0 Å². The molecule has 1 aliphatic rings. The average molecular weight is 378 g/mol. The van der Waals surface area contributed by atoms with E-state index in [-0.39, 0.29) is 5.56 Å². The quantitative estimate of drug-likeness (QED) is 0.616. The molecule has 0 saturated carbocycles. The Labute approximate surface area is 153 Å². The number of carbonyl (C=O) groups excluding carboxylic acids is 2. The van der Waals surface area contributed by atoms with Gasteiger partial charge in [-0.05, 0) is 24.6 Å². The molecule has 0 amide bonds. The molecule has 0 unspecified atom stereocenters. The van der Waals surface area contributed by atoms with Crippen molar-refractivity contribution in [1.29, 1.82) is 0 Å². The van der Waals surface area contributed by atoms with Gasteiger partial charge >= 0.3 is 23.7 Å². The van der Waals surface area contributed by atoms with Crippen LogP contribution in [-0.2, 0) is 39.1 Å². The monoisotopic (exact) mass is 378 g/mol. The first-order valence-electron chi connectivity index (χ1n) is 8.21. The van der Waals surface area contributed by atoms with E-state index in [0.29, 0.717) is 29.7 Å². The van der Waals surface area contributed by atoms with Gasteiger partial charge in [-0.3, -0.25) is 9.59 Å². The lowest BCUT2D eigenvalue weighted by Crippen LogP contribution is -2.44. The minimum absolute atomic E-state index is 0.0814. The van der Waals surface area contributed by atoms with Crippen molar-refractivity contribution in [2.45, 2.75) is 32.3 Å². The van der Waals surface area contributed by atoms with E-state index in [4.69, 9.17) is 23.4 Å². The zero-order chi connectivity index (χ0) is 19.6. The van der Waals surface area contributed by atoms with E-state index in [9.17, 15) is 19.5 Å². The molecule has 0 radical (unpaired) electrons. The van der Waals surface area contributed by atoms with Gasteiger partial charge in [0.05, 0.1) is 25.0 Å². The van der Waals surface area contributed by atoms with E-state index in [1.165, 1.54) is 18.4 Å². The van der Waals surface area contributed by atoms with Crippen molar-refractivity contribution in [2.75, 3.05) is 13.2 Å². The molecule has 9 heteroatoms. The summed E-state index contributed by atoms with van der Waals surface area (Å²) in [4.78, 5) is 35.2. The van der Waals surface area contributed by atoms with Gasteiger partial charge in [0, 0.05) is 24.8 Å². The van der Waals surface area contributed by atoms with Crippen molar-refractivity contribution >= 4 is 28.9 Å². The molecule has 1 aliphatic heterocycles. The second-order valence-corrected chi connectivity index (χ2v) is 5.94. The zero-order valence-corrected chi connectivity index (χ0v) is 14.7. The molecular formula is C18H18O9. The first kappa shape index (κ1) is 18.9. The number of benzene rings is 1. The molecule has 1 aromatic heterocycles. The second-order valence-electron chi connectivity index (χ2n) is 5.94. The fourth-order valence-electron chi connectivity index (χ4n) is 2.90. The molecule has 0 spiro atoms. The predicted octanol–water partition coefficient (Wildman–Crippen LogP) is 2.23. The van der Waals surface area contributed by atoms with Crippen molar-refractivity contribution in [1.82, 2.24) is 0 Å². The number of carboxylic acid groups (broad SMARTS) is 1. The third-order valence-electron chi connectivity index (χ3n) is 3.90. The fraction of sp³-hybridized carbons (Fsp3) is 0.389. The number of hydrogen-bond acceptors (Lipinski definition) is 8. The molecule has 2 aromatic rings. The average Bonchev–Trinajstić information content (AvgIpc) is 3.08. The predicted molar refractivity (Wildman–Crippen MR) is 88.3 cm³/mol. The van der Waals surface area contributed by atoms with Crippen LogP contribution in [-0.4, -0.2) is 36.2 Å². The molecule has 0 aliphatic carbocycles. The topological polar surface area (TPSA) is 122 Å². The molecule has 27 heavy (non-hydrogen) atoms. The van der Waals surface area contributed by atoms with Crippen LogP contribution in [0.2, 0.25) is 0 Å². The van der Waals surface area contributed by atoms with Gasteiger partial charge in [0.15, 0.2) is 6.29 Å². The fourth-order valence-corrected chi connectivity index (χ4v) is 2.90. The number of rotatable bonds is 5. The summed E-state index contributed by atoms with van der Waals surface area (Å²) in [5, 5.41) is 10.3. The van der Waals surface area contributed by atoms with Crippen LogP contribution in [0.25, 0.3) is 11.0 Å². The maximum absolute atomic E-state index is 12.0. The summed E-state index contributed by atoms with van der Waals surface area (Å²) >= 11 is 0. The number of aliphatic carboxylic acids is 1. The number of ether oxygens (including phenoxy) is 4. The molecular weight excluding hydrogens is 360 g/mol. The second kappa shape index (κ2) is 7.37. The Bertz CT molecular complexity index is 860. The van der Waals surface area contributed by atoms with E-state index < -0.39 is 30.0 Å². The number of fused-ring (bicyclic) bond motifs is 1. The number of hydrogen-bond donors (Lipinski definition) is 1. The van der Waals surface area contributed by atoms with E-state index in [1.54, 1.807) is 6.07 Å². The van der Waals surface area contributed by atoms with Crippen LogP contribution in [0.1, 0.15) is 37.7 Å². The summed E-state index contributed by atoms with van der Waals surface area (Å²) in [6.07, 6.45) is 1.34. The largest absolute Gasteiger partial charge is 0.475 e. The maximum Gasteiger partial charge on any atom is 0.396 e. The van der Waals surface area contributed by atoms with Crippen molar-refractivity contribution in [3.63, 3.8) is 0 Å². The van der Waals surface area contributed by atoms with Crippen LogP contribution in [0.4, 0.5) is 0 Å². The number of esters is 2. The summed E-state index contributed by atoms with van der Waals surface area (Å²) in [6.45, 7) is 2.95. The number of carbonyl (C=O) groups is 3. The van der Waals surface area contributed by atoms with Gasteiger partial charge in [0.25, 0.3) is 0 Å². The summed E-state index contributed by atoms with van der Waals surface area (Å²) < 4.78 is 26.6. The van der Waals surface area contributed by atoms with Crippen LogP contribution in [0.3, 0.4) is 0 Å². The van der Waals surface area contributed by atoms with Crippen molar-refractivity contribution < 1.29 is 42.9 Å².